The summed E-state index contributed by atoms with van der Waals surface area (Å²) in [4.78, 5) is 15.9. The SMILES string of the molecule is CNC(=O)/C(=N/CO)c1ccccc1Cc1ccccc1. The van der Waals surface area contributed by atoms with Gasteiger partial charge in [-0.1, -0.05) is 54.6 Å². The number of hydrogen-bond acceptors (Lipinski definition) is 3. The first kappa shape index (κ1) is 14.9. The number of carbonyl (C=O) groups excluding carboxylic acids is 1. The topological polar surface area (TPSA) is 61.7 Å². The van der Waals surface area contributed by atoms with Crippen molar-refractivity contribution in [3.8, 4) is 0 Å². The largest absolute Gasteiger partial charge is 0.375 e. The van der Waals surface area contributed by atoms with Gasteiger partial charge in [0.2, 0.25) is 0 Å². The first-order valence-corrected chi connectivity index (χ1v) is 6.76. The fourth-order valence-corrected chi connectivity index (χ4v) is 2.19. The average Bonchev–Trinajstić information content (AvgIpc) is 2.54. The van der Waals surface area contributed by atoms with Crippen molar-refractivity contribution in [2.24, 2.45) is 4.99 Å². The number of likely N-dealkylation sites (N-methyl/N-ethyl adjacent to an activating group) is 1. The zero-order valence-corrected chi connectivity index (χ0v) is 11.9. The lowest BCUT2D eigenvalue weighted by Crippen LogP contribution is -2.29. The zero-order chi connectivity index (χ0) is 15.1. The molecule has 0 atom stereocenters. The summed E-state index contributed by atoms with van der Waals surface area (Å²) < 4.78 is 0. The zero-order valence-electron chi connectivity index (χ0n) is 11.9. The van der Waals surface area contributed by atoms with E-state index in [9.17, 15) is 4.79 Å². The number of aliphatic hydroxyl groups excluding tert-OH is 1. The molecule has 0 saturated heterocycles. The van der Waals surface area contributed by atoms with Crippen LogP contribution in [0.1, 0.15) is 16.7 Å². The van der Waals surface area contributed by atoms with Gasteiger partial charge in [-0.2, -0.15) is 0 Å². The van der Waals surface area contributed by atoms with E-state index in [4.69, 9.17) is 5.11 Å². The Hall–Kier alpha value is -2.46. The van der Waals surface area contributed by atoms with Crippen molar-refractivity contribution in [2.75, 3.05) is 13.8 Å². The second-order valence-corrected chi connectivity index (χ2v) is 4.55. The molecule has 2 rings (SSSR count). The van der Waals surface area contributed by atoms with Crippen molar-refractivity contribution in [2.45, 2.75) is 6.42 Å². The molecule has 0 radical (unpaired) electrons. The third-order valence-electron chi connectivity index (χ3n) is 3.18. The minimum absolute atomic E-state index is 0.256. The molecule has 0 bridgehead atoms. The predicted octanol–water partition coefficient (Wildman–Crippen LogP) is 1.76. The van der Waals surface area contributed by atoms with Crippen LogP contribution >= 0.6 is 0 Å². The van der Waals surface area contributed by atoms with Gasteiger partial charge in [-0.05, 0) is 17.5 Å². The van der Waals surface area contributed by atoms with Crippen LogP contribution < -0.4 is 5.32 Å². The monoisotopic (exact) mass is 282 g/mol. The Morgan fingerprint density at radius 2 is 1.76 bits per heavy atom. The average molecular weight is 282 g/mol. The lowest BCUT2D eigenvalue weighted by molar-refractivity contribution is -0.114. The molecule has 0 unspecified atom stereocenters. The Kier molecular flexibility index (Phi) is 5.23. The van der Waals surface area contributed by atoms with Gasteiger partial charge in [0, 0.05) is 12.6 Å². The molecule has 108 valence electrons. The summed E-state index contributed by atoms with van der Waals surface area (Å²) in [7, 11) is 1.55. The maximum Gasteiger partial charge on any atom is 0.269 e. The van der Waals surface area contributed by atoms with E-state index in [1.807, 2.05) is 54.6 Å². The molecule has 0 aliphatic rings. The Morgan fingerprint density at radius 3 is 2.43 bits per heavy atom. The number of benzene rings is 2. The maximum absolute atomic E-state index is 12.0. The fourth-order valence-electron chi connectivity index (χ4n) is 2.19. The van der Waals surface area contributed by atoms with E-state index in [1.165, 1.54) is 0 Å². The fraction of sp³-hybridized carbons (Fsp3) is 0.176. The molecule has 2 aromatic carbocycles. The minimum Gasteiger partial charge on any atom is -0.375 e. The van der Waals surface area contributed by atoms with E-state index in [0.717, 1.165) is 16.7 Å². The molecular formula is C17H18N2O2. The molecule has 0 aromatic heterocycles. The molecule has 2 N–H and O–H groups in total. The standard InChI is InChI=1S/C17H18N2O2/c1-18-17(21)16(19-12-20)15-10-6-5-9-14(15)11-13-7-3-2-4-8-13/h2-10,20H,11-12H2,1H3,(H,18,21)/b19-16+. The van der Waals surface area contributed by atoms with E-state index >= 15 is 0 Å². The molecule has 0 aliphatic carbocycles. The Bertz CT molecular complexity index is 636. The summed E-state index contributed by atoms with van der Waals surface area (Å²) in [6, 6.07) is 17.6. The summed E-state index contributed by atoms with van der Waals surface area (Å²) in [6.07, 6.45) is 0.707. The van der Waals surface area contributed by atoms with Crippen LogP contribution in [0.15, 0.2) is 59.6 Å². The van der Waals surface area contributed by atoms with Crippen molar-refractivity contribution < 1.29 is 9.90 Å². The van der Waals surface area contributed by atoms with Crippen LogP contribution in [-0.4, -0.2) is 30.5 Å². The molecule has 21 heavy (non-hydrogen) atoms. The van der Waals surface area contributed by atoms with Crippen molar-refractivity contribution in [3.63, 3.8) is 0 Å². The predicted molar refractivity (Wildman–Crippen MR) is 83.4 cm³/mol. The summed E-state index contributed by atoms with van der Waals surface area (Å²) in [5.74, 6) is -0.301. The molecule has 4 heteroatoms. The molecule has 0 fully saturated rings. The van der Waals surface area contributed by atoms with Crippen molar-refractivity contribution in [1.29, 1.82) is 0 Å². The molecule has 1 amide bonds. The Balaban J connectivity index is 2.40. The number of nitrogens with one attached hydrogen (secondary N) is 1. The number of nitrogens with zero attached hydrogens (tertiary/aromatic N) is 1. The highest BCUT2D eigenvalue weighted by Crippen LogP contribution is 2.15. The molecule has 4 nitrogen and oxygen atoms in total. The normalized spacial score (nSPS) is 11.2. The summed E-state index contributed by atoms with van der Waals surface area (Å²) in [5, 5.41) is 11.6. The molecule has 0 saturated carbocycles. The Morgan fingerprint density at radius 1 is 1.10 bits per heavy atom. The van der Waals surface area contributed by atoms with Crippen LogP contribution in [0, 0.1) is 0 Å². The Labute approximate surface area is 124 Å². The smallest absolute Gasteiger partial charge is 0.269 e. The van der Waals surface area contributed by atoms with Gasteiger partial charge in [-0.25, -0.2) is 0 Å². The van der Waals surface area contributed by atoms with Gasteiger partial charge >= 0.3 is 0 Å². The van der Waals surface area contributed by atoms with Gasteiger partial charge in [-0.15, -0.1) is 0 Å². The van der Waals surface area contributed by atoms with Crippen LogP contribution in [0.3, 0.4) is 0 Å². The second kappa shape index (κ2) is 7.36. The van der Waals surface area contributed by atoms with E-state index < -0.39 is 6.73 Å². The van der Waals surface area contributed by atoms with Crippen molar-refractivity contribution in [3.05, 3.63) is 71.3 Å². The van der Waals surface area contributed by atoms with Crippen LogP contribution in [-0.2, 0) is 11.2 Å². The minimum atomic E-state index is -0.414. The lowest BCUT2D eigenvalue weighted by Gasteiger charge is -2.11. The highest BCUT2D eigenvalue weighted by atomic mass is 16.3. The summed E-state index contributed by atoms with van der Waals surface area (Å²) in [6.45, 7) is -0.414. The quantitative estimate of drug-likeness (QED) is 0.821. The highest BCUT2D eigenvalue weighted by molar-refractivity contribution is 6.45. The first-order chi connectivity index (χ1) is 10.3. The molecule has 0 heterocycles. The van der Waals surface area contributed by atoms with E-state index in [1.54, 1.807) is 7.05 Å². The number of rotatable bonds is 5. The maximum atomic E-state index is 12.0. The molecule has 2 aromatic rings. The van der Waals surface area contributed by atoms with Gasteiger partial charge in [0.25, 0.3) is 5.91 Å². The lowest BCUT2D eigenvalue weighted by atomic mass is 9.96. The van der Waals surface area contributed by atoms with E-state index in [2.05, 4.69) is 10.3 Å². The third-order valence-corrected chi connectivity index (χ3v) is 3.18. The highest BCUT2D eigenvalue weighted by Gasteiger charge is 2.15. The van der Waals surface area contributed by atoms with Gasteiger partial charge in [0.05, 0.1) is 0 Å². The number of amides is 1. The number of carbonyl (C=O) groups is 1. The van der Waals surface area contributed by atoms with Gasteiger partial charge in [-0.3, -0.25) is 9.79 Å². The van der Waals surface area contributed by atoms with Crippen molar-refractivity contribution >= 4 is 11.6 Å². The summed E-state index contributed by atoms with van der Waals surface area (Å²) >= 11 is 0. The number of aliphatic imine (C=N–C) groups is 1. The number of hydrogen-bond donors (Lipinski definition) is 2. The van der Waals surface area contributed by atoms with Gasteiger partial charge < -0.3 is 10.4 Å². The van der Waals surface area contributed by atoms with Crippen molar-refractivity contribution in [1.82, 2.24) is 5.32 Å². The third kappa shape index (κ3) is 3.77. The van der Waals surface area contributed by atoms with E-state index in [0.29, 0.717) is 6.42 Å². The second-order valence-electron chi connectivity index (χ2n) is 4.55. The van der Waals surface area contributed by atoms with E-state index in [-0.39, 0.29) is 11.6 Å². The van der Waals surface area contributed by atoms with Crippen LogP contribution in [0.4, 0.5) is 0 Å². The summed E-state index contributed by atoms with van der Waals surface area (Å²) in [5.41, 5.74) is 3.16. The molecule has 0 spiro atoms. The number of aliphatic hydroxyl groups is 1. The first-order valence-electron chi connectivity index (χ1n) is 6.76. The molecular weight excluding hydrogens is 264 g/mol. The van der Waals surface area contributed by atoms with Gasteiger partial charge in [0.15, 0.2) is 0 Å². The molecule has 0 aliphatic heterocycles. The van der Waals surface area contributed by atoms with Crippen LogP contribution in [0.2, 0.25) is 0 Å². The van der Waals surface area contributed by atoms with Crippen LogP contribution in [0.5, 0.6) is 0 Å². The van der Waals surface area contributed by atoms with Gasteiger partial charge in [0.1, 0.15) is 12.4 Å². The van der Waals surface area contributed by atoms with Crippen LogP contribution in [0.25, 0.3) is 0 Å².